The molecule has 1 aromatic rings. The fraction of sp³-hybridized carbons (Fsp3) is 0.417. The minimum Gasteiger partial charge on any atom is -0.481 e. The van der Waals surface area contributed by atoms with E-state index >= 15 is 0 Å². The fourth-order valence-corrected chi connectivity index (χ4v) is 2.37. The lowest BCUT2D eigenvalue weighted by molar-refractivity contribution is -0.144. The Balaban J connectivity index is 2.40. The van der Waals surface area contributed by atoms with Gasteiger partial charge in [-0.3, -0.25) is 4.79 Å². The van der Waals surface area contributed by atoms with Crippen molar-refractivity contribution in [2.75, 3.05) is 0 Å². The van der Waals surface area contributed by atoms with Crippen LogP contribution >= 0.6 is 0 Å². The van der Waals surface area contributed by atoms with Gasteiger partial charge < -0.3 is 10.2 Å². The quantitative estimate of drug-likeness (QED) is 0.803. The van der Waals surface area contributed by atoms with Gasteiger partial charge >= 0.3 is 5.97 Å². The summed E-state index contributed by atoms with van der Waals surface area (Å²) >= 11 is 0. The molecule has 86 valence electrons. The summed E-state index contributed by atoms with van der Waals surface area (Å²) in [6.45, 7) is 0. The van der Waals surface area contributed by atoms with Crippen molar-refractivity contribution in [1.82, 2.24) is 0 Å². The lowest BCUT2D eigenvalue weighted by atomic mass is 9.79. The predicted octanol–water partition coefficient (Wildman–Crippen LogP) is 1.69. The van der Waals surface area contributed by atoms with E-state index in [4.69, 9.17) is 0 Å². The normalized spacial score (nSPS) is 29.2. The molecule has 3 nitrogen and oxygen atoms in total. The average Bonchev–Trinajstić information content (AvgIpc) is 2.63. The zero-order valence-electron chi connectivity index (χ0n) is 8.69. The molecule has 0 amide bonds. The van der Waals surface area contributed by atoms with Gasteiger partial charge in [0.1, 0.15) is 5.82 Å². The van der Waals surface area contributed by atoms with Gasteiger partial charge in [0.25, 0.3) is 0 Å². The maximum Gasteiger partial charge on any atom is 0.314 e. The number of hydrogen-bond donors (Lipinski definition) is 2. The Morgan fingerprint density at radius 2 is 2.00 bits per heavy atom. The second kappa shape index (κ2) is 3.87. The predicted molar refractivity (Wildman–Crippen MR) is 55.6 cm³/mol. The highest BCUT2D eigenvalue weighted by molar-refractivity contribution is 5.82. The lowest BCUT2D eigenvalue weighted by Crippen LogP contribution is -2.33. The Morgan fingerprint density at radius 1 is 1.38 bits per heavy atom. The third-order valence-electron chi connectivity index (χ3n) is 3.29. The number of halogens is 1. The van der Waals surface area contributed by atoms with Crippen LogP contribution in [0.3, 0.4) is 0 Å². The van der Waals surface area contributed by atoms with Gasteiger partial charge in [0, 0.05) is 0 Å². The summed E-state index contributed by atoms with van der Waals surface area (Å²) in [5.74, 6) is -1.33. The lowest BCUT2D eigenvalue weighted by Gasteiger charge is -2.24. The summed E-state index contributed by atoms with van der Waals surface area (Å²) in [7, 11) is 0. The van der Waals surface area contributed by atoms with Gasteiger partial charge in [-0.05, 0) is 37.0 Å². The molecule has 2 unspecified atom stereocenters. The Bertz CT molecular complexity index is 401. The molecule has 1 saturated carbocycles. The molecule has 0 aliphatic heterocycles. The summed E-state index contributed by atoms with van der Waals surface area (Å²) in [5, 5.41) is 18.8. The molecule has 1 aliphatic carbocycles. The van der Waals surface area contributed by atoms with E-state index in [9.17, 15) is 19.4 Å². The molecule has 1 fully saturated rings. The zero-order valence-corrected chi connectivity index (χ0v) is 8.69. The van der Waals surface area contributed by atoms with Crippen LogP contribution in [0.1, 0.15) is 24.8 Å². The molecule has 0 bridgehead atoms. The summed E-state index contributed by atoms with van der Waals surface area (Å²) < 4.78 is 12.8. The highest BCUT2D eigenvalue weighted by Gasteiger charge is 2.46. The van der Waals surface area contributed by atoms with Crippen LogP contribution in [-0.4, -0.2) is 22.3 Å². The molecule has 16 heavy (non-hydrogen) atoms. The van der Waals surface area contributed by atoms with E-state index in [2.05, 4.69) is 0 Å². The number of rotatable bonds is 2. The Hall–Kier alpha value is -1.42. The highest BCUT2D eigenvalue weighted by atomic mass is 19.1. The second-order valence-electron chi connectivity index (χ2n) is 4.29. The number of aliphatic hydroxyl groups is 1. The first-order valence-electron chi connectivity index (χ1n) is 5.22. The monoisotopic (exact) mass is 224 g/mol. The average molecular weight is 224 g/mol. The maximum atomic E-state index is 12.8. The number of aliphatic carboxylic acids is 1. The van der Waals surface area contributed by atoms with Crippen LogP contribution in [0.15, 0.2) is 24.3 Å². The third-order valence-corrected chi connectivity index (χ3v) is 3.29. The van der Waals surface area contributed by atoms with Crippen molar-refractivity contribution < 1.29 is 19.4 Å². The maximum absolute atomic E-state index is 12.8. The van der Waals surface area contributed by atoms with Gasteiger partial charge in [-0.1, -0.05) is 12.1 Å². The van der Waals surface area contributed by atoms with E-state index in [0.717, 1.165) is 0 Å². The van der Waals surface area contributed by atoms with E-state index in [1.54, 1.807) is 0 Å². The standard InChI is InChI=1S/C12H13FO3/c13-9-3-1-8(2-4-9)12(11(15)16)6-5-10(14)7-12/h1-4,10,14H,5-7H2,(H,15,16). The Labute approximate surface area is 92.5 Å². The van der Waals surface area contributed by atoms with E-state index in [1.165, 1.54) is 24.3 Å². The molecule has 0 heterocycles. The smallest absolute Gasteiger partial charge is 0.314 e. The van der Waals surface area contributed by atoms with Crippen LogP contribution in [0.5, 0.6) is 0 Å². The molecule has 2 atom stereocenters. The molecular weight excluding hydrogens is 211 g/mol. The highest BCUT2D eigenvalue weighted by Crippen LogP contribution is 2.41. The van der Waals surface area contributed by atoms with E-state index < -0.39 is 17.5 Å². The van der Waals surface area contributed by atoms with Crippen molar-refractivity contribution in [3.63, 3.8) is 0 Å². The van der Waals surface area contributed by atoms with Crippen molar-refractivity contribution in [1.29, 1.82) is 0 Å². The molecule has 0 radical (unpaired) electrons. The van der Waals surface area contributed by atoms with E-state index in [1.807, 2.05) is 0 Å². The van der Waals surface area contributed by atoms with Crippen LogP contribution in [0, 0.1) is 5.82 Å². The van der Waals surface area contributed by atoms with Crippen LogP contribution in [0.25, 0.3) is 0 Å². The molecule has 0 saturated heterocycles. The molecule has 4 heteroatoms. The summed E-state index contributed by atoms with van der Waals surface area (Å²) in [6, 6.07) is 5.48. The molecule has 2 rings (SSSR count). The molecule has 0 spiro atoms. The molecule has 2 N–H and O–H groups in total. The van der Waals surface area contributed by atoms with E-state index in [0.29, 0.717) is 18.4 Å². The molecule has 1 aliphatic rings. The van der Waals surface area contributed by atoms with Crippen LogP contribution < -0.4 is 0 Å². The van der Waals surface area contributed by atoms with Gasteiger partial charge in [-0.15, -0.1) is 0 Å². The number of carboxylic acids is 1. The summed E-state index contributed by atoms with van der Waals surface area (Å²) in [5.41, 5.74) is -0.481. The van der Waals surface area contributed by atoms with Crippen LogP contribution in [-0.2, 0) is 10.2 Å². The Morgan fingerprint density at radius 3 is 2.44 bits per heavy atom. The zero-order chi connectivity index (χ0) is 11.8. The van der Waals surface area contributed by atoms with Gasteiger partial charge in [-0.2, -0.15) is 0 Å². The number of carboxylic acid groups (broad SMARTS) is 1. The Kier molecular flexibility index (Phi) is 2.68. The van der Waals surface area contributed by atoms with Gasteiger partial charge in [0.15, 0.2) is 0 Å². The van der Waals surface area contributed by atoms with Crippen LogP contribution in [0.2, 0.25) is 0 Å². The number of benzene rings is 1. The first kappa shape index (κ1) is 11.1. The van der Waals surface area contributed by atoms with Gasteiger partial charge in [0.2, 0.25) is 0 Å². The first-order valence-corrected chi connectivity index (χ1v) is 5.22. The van der Waals surface area contributed by atoms with Gasteiger partial charge in [-0.25, -0.2) is 4.39 Å². The van der Waals surface area contributed by atoms with Crippen molar-refractivity contribution in [2.45, 2.75) is 30.8 Å². The number of aliphatic hydroxyl groups excluding tert-OH is 1. The summed E-state index contributed by atoms with van der Waals surface area (Å²) in [6.07, 6.45) is 0.494. The third kappa shape index (κ3) is 1.69. The number of carbonyl (C=O) groups is 1. The fourth-order valence-electron chi connectivity index (χ4n) is 2.37. The minimum atomic E-state index is -1.05. The SMILES string of the molecule is O=C(O)C1(c2ccc(F)cc2)CCC(O)C1. The van der Waals surface area contributed by atoms with Crippen molar-refractivity contribution in [2.24, 2.45) is 0 Å². The largest absolute Gasteiger partial charge is 0.481 e. The van der Waals surface area contributed by atoms with Crippen molar-refractivity contribution in [3.05, 3.63) is 35.6 Å². The van der Waals surface area contributed by atoms with Crippen molar-refractivity contribution >= 4 is 5.97 Å². The topological polar surface area (TPSA) is 57.5 Å². The van der Waals surface area contributed by atoms with Crippen molar-refractivity contribution in [3.8, 4) is 0 Å². The molecular formula is C12H13FO3. The second-order valence-corrected chi connectivity index (χ2v) is 4.29. The summed E-state index contributed by atoms with van der Waals surface area (Å²) in [4.78, 5) is 11.3. The van der Waals surface area contributed by atoms with Gasteiger partial charge in [0.05, 0.1) is 11.5 Å². The van der Waals surface area contributed by atoms with Crippen LogP contribution in [0.4, 0.5) is 4.39 Å². The van der Waals surface area contributed by atoms with E-state index in [-0.39, 0.29) is 12.2 Å². The molecule has 1 aromatic carbocycles. The molecule has 0 aromatic heterocycles. The minimum absolute atomic E-state index is 0.202. The number of hydrogen-bond acceptors (Lipinski definition) is 2. The first-order chi connectivity index (χ1) is 7.54.